The Hall–Kier alpha value is -1.37. The van der Waals surface area contributed by atoms with Gasteiger partial charge in [-0.2, -0.15) is 0 Å². The van der Waals surface area contributed by atoms with Gasteiger partial charge in [0.2, 0.25) is 0 Å². The summed E-state index contributed by atoms with van der Waals surface area (Å²) in [4.78, 5) is 4.55. The predicted molar refractivity (Wildman–Crippen MR) is 65.1 cm³/mol. The van der Waals surface area contributed by atoms with Crippen LogP contribution in [-0.2, 0) is 0 Å². The van der Waals surface area contributed by atoms with Crippen LogP contribution in [0.2, 0.25) is 0 Å². The predicted octanol–water partition coefficient (Wildman–Crippen LogP) is 4.14. The highest BCUT2D eigenvalue weighted by Gasteiger charge is 2.11. The molecule has 0 saturated heterocycles. The maximum atomic E-state index is 4.55. The topological polar surface area (TPSA) is 12.9 Å². The molecule has 0 aliphatic heterocycles. The van der Waals surface area contributed by atoms with Gasteiger partial charge >= 0.3 is 0 Å². The Kier molecular flexibility index (Phi) is 3.00. The van der Waals surface area contributed by atoms with Crippen molar-refractivity contribution < 1.29 is 0 Å². The summed E-state index contributed by atoms with van der Waals surface area (Å²) in [7, 11) is 0. The van der Waals surface area contributed by atoms with Gasteiger partial charge in [-0.25, -0.2) is 0 Å². The molecule has 1 aromatic heterocycles. The summed E-state index contributed by atoms with van der Waals surface area (Å²) in [5.74, 6) is 0.594. The first-order valence-corrected chi connectivity index (χ1v) is 5.70. The maximum absolute atomic E-state index is 4.55. The van der Waals surface area contributed by atoms with Crippen LogP contribution in [-0.4, -0.2) is 4.98 Å². The molecule has 0 aliphatic carbocycles. The van der Waals surface area contributed by atoms with Crippen LogP contribution >= 0.6 is 0 Å². The van der Waals surface area contributed by atoms with Crippen molar-refractivity contribution in [3.63, 3.8) is 0 Å². The Morgan fingerprint density at radius 2 is 1.80 bits per heavy atom. The standard InChI is InChI=1S/C14H17N/c1-3-11(4-2)14-13-8-6-5-7-12(13)9-10-15-14/h5-11H,3-4H2,1-2H3. The van der Waals surface area contributed by atoms with Gasteiger partial charge in [-0.1, -0.05) is 38.1 Å². The van der Waals surface area contributed by atoms with Gasteiger partial charge in [0.25, 0.3) is 0 Å². The highest BCUT2D eigenvalue weighted by atomic mass is 14.7. The highest BCUT2D eigenvalue weighted by Crippen LogP contribution is 2.27. The van der Waals surface area contributed by atoms with Gasteiger partial charge in [0.05, 0.1) is 5.69 Å². The van der Waals surface area contributed by atoms with E-state index >= 15 is 0 Å². The van der Waals surface area contributed by atoms with Gasteiger partial charge in [0, 0.05) is 17.5 Å². The van der Waals surface area contributed by atoms with E-state index in [1.165, 1.54) is 16.5 Å². The van der Waals surface area contributed by atoms with Gasteiger partial charge in [0.15, 0.2) is 0 Å². The number of hydrogen-bond donors (Lipinski definition) is 0. The summed E-state index contributed by atoms with van der Waals surface area (Å²) in [6.45, 7) is 4.47. The first-order chi connectivity index (χ1) is 7.36. The molecule has 0 amide bonds. The van der Waals surface area contributed by atoms with Crippen LogP contribution in [0.4, 0.5) is 0 Å². The molecule has 0 bridgehead atoms. The maximum Gasteiger partial charge on any atom is 0.0512 e. The van der Waals surface area contributed by atoms with Crippen LogP contribution in [0.1, 0.15) is 38.3 Å². The zero-order valence-corrected chi connectivity index (χ0v) is 9.40. The third-order valence-corrected chi connectivity index (χ3v) is 3.08. The molecular formula is C14H17N. The van der Waals surface area contributed by atoms with E-state index in [-0.39, 0.29) is 0 Å². The minimum Gasteiger partial charge on any atom is -0.260 e. The summed E-state index contributed by atoms with van der Waals surface area (Å²) < 4.78 is 0. The summed E-state index contributed by atoms with van der Waals surface area (Å²) in [6, 6.07) is 10.6. The average molecular weight is 199 g/mol. The molecular weight excluding hydrogens is 182 g/mol. The fourth-order valence-electron chi connectivity index (χ4n) is 2.14. The summed E-state index contributed by atoms with van der Waals surface area (Å²) in [5.41, 5.74) is 1.26. The van der Waals surface area contributed by atoms with Crippen molar-refractivity contribution >= 4 is 10.8 Å². The molecule has 2 rings (SSSR count). The smallest absolute Gasteiger partial charge is 0.0512 e. The summed E-state index contributed by atoms with van der Waals surface area (Å²) in [6.07, 6.45) is 4.25. The van der Waals surface area contributed by atoms with E-state index < -0.39 is 0 Å². The number of rotatable bonds is 3. The average Bonchev–Trinajstić information content (AvgIpc) is 2.31. The molecule has 0 aliphatic rings. The number of hydrogen-bond acceptors (Lipinski definition) is 1. The Bertz CT molecular complexity index is 439. The van der Waals surface area contributed by atoms with Crippen molar-refractivity contribution in [3.8, 4) is 0 Å². The fourth-order valence-corrected chi connectivity index (χ4v) is 2.14. The molecule has 1 heteroatoms. The van der Waals surface area contributed by atoms with Crippen molar-refractivity contribution in [2.75, 3.05) is 0 Å². The zero-order chi connectivity index (χ0) is 10.7. The Balaban J connectivity index is 2.59. The molecule has 0 radical (unpaired) electrons. The van der Waals surface area contributed by atoms with Crippen LogP contribution in [0.25, 0.3) is 10.8 Å². The molecule has 0 N–H and O–H groups in total. The second-order valence-corrected chi connectivity index (χ2v) is 3.93. The molecule has 78 valence electrons. The lowest BCUT2D eigenvalue weighted by molar-refractivity contribution is 0.629. The van der Waals surface area contributed by atoms with E-state index in [9.17, 15) is 0 Å². The van der Waals surface area contributed by atoms with Crippen LogP contribution in [0, 0.1) is 0 Å². The van der Waals surface area contributed by atoms with Crippen molar-refractivity contribution in [1.82, 2.24) is 4.98 Å². The first-order valence-electron chi connectivity index (χ1n) is 5.70. The lowest BCUT2D eigenvalue weighted by atomic mass is 9.95. The van der Waals surface area contributed by atoms with Crippen molar-refractivity contribution in [1.29, 1.82) is 0 Å². The van der Waals surface area contributed by atoms with E-state index in [1.807, 2.05) is 6.20 Å². The second-order valence-electron chi connectivity index (χ2n) is 3.93. The molecule has 15 heavy (non-hydrogen) atoms. The van der Waals surface area contributed by atoms with Crippen LogP contribution in [0.15, 0.2) is 36.5 Å². The highest BCUT2D eigenvalue weighted by molar-refractivity contribution is 5.84. The monoisotopic (exact) mass is 199 g/mol. The number of aromatic nitrogens is 1. The second kappa shape index (κ2) is 4.43. The number of benzene rings is 1. The van der Waals surface area contributed by atoms with Crippen molar-refractivity contribution in [3.05, 3.63) is 42.2 Å². The molecule has 1 heterocycles. The lowest BCUT2D eigenvalue weighted by Gasteiger charge is -2.13. The van der Waals surface area contributed by atoms with E-state index in [0.29, 0.717) is 5.92 Å². The molecule has 0 atom stereocenters. The van der Waals surface area contributed by atoms with Crippen LogP contribution < -0.4 is 0 Å². The third kappa shape index (κ3) is 1.87. The van der Waals surface area contributed by atoms with Gasteiger partial charge in [-0.15, -0.1) is 0 Å². The first kappa shape index (κ1) is 10.2. The molecule has 1 nitrogen and oxygen atoms in total. The van der Waals surface area contributed by atoms with E-state index in [4.69, 9.17) is 0 Å². The summed E-state index contributed by atoms with van der Waals surface area (Å²) >= 11 is 0. The molecule has 0 unspecified atom stereocenters. The minimum atomic E-state index is 0.594. The normalized spacial score (nSPS) is 11.1. The van der Waals surface area contributed by atoms with Gasteiger partial charge in [-0.3, -0.25) is 4.98 Å². The Labute approximate surface area is 91.2 Å². The SMILES string of the molecule is CCC(CC)c1nccc2ccccc12. The number of nitrogens with zero attached hydrogens (tertiary/aromatic N) is 1. The molecule has 0 saturated carbocycles. The Morgan fingerprint density at radius 1 is 1.07 bits per heavy atom. The fraction of sp³-hybridized carbons (Fsp3) is 0.357. The van der Waals surface area contributed by atoms with Gasteiger partial charge in [0.1, 0.15) is 0 Å². The lowest BCUT2D eigenvalue weighted by Crippen LogP contribution is -1.99. The number of pyridine rings is 1. The van der Waals surface area contributed by atoms with E-state index in [2.05, 4.69) is 49.2 Å². The zero-order valence-electron chi connectivity index (χ0n) is 9.40. The third-order valence-electron chi connectivity index (χ3n) is 3.08. The van der Waals surface area contributed by atoms with Crippen molar-refractivity contribution in [2.24, 2.45) is 0 Å². The van der Waals surface area contributed by atoms with Crippen molar-refractivity contribution in [2.45, 2.75) is 32.6 Å². The molecule has 2 aromatic rings. The largest absolute Gasteiger partial charge is 0.260 e. The molecule has 0 fully saturated rings. The molecule has 0 spiro atoms. The van der Waals surface area contributed by atoms with Gasteiger partial charge < -0.3 is 0 Å². The summed E-state index contributed by atoms with van der Waals surface area (Å²) in [5, 5.41) is 2.61. The quantitative estimate of drug-likeness (QED) is 0.724. The van der Waals surface area contributed by atoms with Crippen LogP contribution in [0.3, 0.4) is 0 Å². The van der Waals surface area contributed by atoms with Crippen LogP contribution in [0.5, 0.6) is 0 Å². The molecule has 1 aromatic carbocycles. The Morgan fingerprint density at radius 3 is 2.53 bits per heavy atom. The number of fused-ring (bicyclic) bond motifs is 1. The van der Waals surface area contributed by atoms with Gasteiger partial charge in [-0.05, 0) is 24.3 Å². The van der Waals surface area contributed by atoms with E-state index in [1.54, 1.807) is 0 Å². The van der Waals surface area contributed by atoms with E-state index in [0.717, 1.165) is 12.8 Å². The minimum absolute atomic E-state index is 0.594.